The zero-order valence-corrected chi connectivity index (χ0v) is 10.3. The van der Waals surface area contributed by atoms with Gasteiger partial charge in [0.1, 0.15) is 0 Å². The van der Waals surface area contributed by atoms with Gasteiger partial charge in [-0.05, 0) is 11.6 Å². The van der Waals surface area contributed by atoms with Gasteiger partial charge in [0.2, 0.25) is 0 Å². The molecule has 0 aliphatic carbocycles. The number of aromatic nitrogens is 3. The lowest BCUT2D eigenvalue weighted by Gasteiger charge is -2.09. The summed E-state index contributed by atoms with van der Waals surface area (Å²) in [7, 11) is 0. The molecule has 0 amide bonds. The molecule has 0 unspecified atom stereocenters. The van der Waals surface area contributed by atoms with Crippen LogP contribution in [0.25, 0.3) is 11.2 Å². The van der Waals surface area contributed by atoms with Crippen LogP contribution in [0.5, 0.6) is 0 Å². The third-order valence-corrected chi connectivity index (χ3v) is 2.58. The van der Waals surface area contributed by atoms with E-state index >= 15 is 0 Å². The molecule has 0 saturated heterocycles. The van der Waals surface area contributed by atoms with Gasteiger partial charge in [-0.1, -0.05) is 13.8 Å². The number of hydrogen-bond donors (Lipinski definition) is 3. The fourth-order valence-corrected chi connectivity index (χ4v) is 1.72. The normalized spacial score (nSPS) is 11.5. The van der Waals surface area contributed by atoms with E-state index in [1.165, 1.54) is 5.56 Å². The molecule has 0 aromatic carbocycles. The minimum absolute atomic E-state index is 0.539. The molecule has 0 fully saturated rings. The number of aromatic amines is 1. The molecule has 17 heavy (non-hydrogen) atoms. The van der Waals surface area contributed by atoms with Crippen molar-refractivity contribution in [3.05, 3.63) is 24.2 Å². The zero-order chi connectivity index (χ0) is 12.1. The van der Waals surface area contributed by atoms with Crippen LogP contribution in [0.2, 0.25) is 0 Å². The second kappa shape index (κ2) is 5.75. The van der Waals surface area contributed by atoms with Crippen molar-refractivity contribution >= 4 is 11.2 Å². The smallest absolute Gasteiger partial charge is 0.177 e. The summed E-state index contributed by atoms with van der Waals surface area (Å²) in [6.07, 6.45) is 3.48. The third-order valence-electron chi connectivity index (χ3n) is 2.58. The average Bonchev–Trinajstić information content (AvgIpc) is 2.77. The molecule has 0 radical (unpaired) electrons. The number of H-pyrrole nitrogens is 1. The van der Waals surface area contributed by atoms with Crippen LogP contribution in [0.3, 0.4) is 0 Å². The van der Waals surface area contributed by atoms with Gasteiger partial charge in [-0.15, -0.1) is 0 Å². The molecule has 2 aromatic rings. The number of pyridine rings is 1. The summed E-state index contributed by atoms with van der Waals surface area (Å²) in [5.74, 6) is 0. The number of nitrogens with one attached hydrogen (secondary N) is 3. The highest BCUT2D eigenvalue weighted by molar-refractivity contribution is 5.73. The molecule has 0 spiro atoms. The summed E-state index contributed by atoms with van der Waals surface area (Å²) in [6, 6.07) is 2.56. The van der Waals surface area contributed by atoms with Gasteiger partial charge in [-0.2, -0.15) is 0 Å². The molecule has 3 N–H and O–H groups in total. The molecule has 0 aliphatic heterocycles. The Morgan fingerprint density at radius 3 is 3.00 bits per heavy atom. The van der Waals surface area contributed by atoms with E-state index in [0.717, 1.165) is 30.8 Å². The van der Waals surface area contributed by atoms with Crippen molar-refractivity contribution in [2.75, 3.05) is 13.1 Å². The van der Waals surface area contributed by atoms with Crippen molar-refractivity contribution in [3.63, 3.8) is 0 Å². The largest absolute Gasteiger partial charge is 0.343 e. The average molecular weight is 233 g/mol. The van der Waals surface area contributed by atoms with E-state index in [1.54, 1.807) is 12.5 Å². The summed E-state index contributed by atoms with van der Waals surface area (Å²) >= 11 is 0. The van der Waals surface area contributed by atoms with Crippen LogP contribution >= 0.6 is 0 Å². The van der Waals surface area contributed by atoms with Crippen molar-refractivity contribution in [1.82, 2.24) is 25.6 Å². The molecule has 0 saturated carbocycles. The molecular formula is C12H19N5. The Hall–Kier alpha value is -1.46. The van der Waals surface area contributed by atoms with Gasteiger partial charge >= 0.3 is 0 Å². The topological polar surface area (TPSA) is 65.6 Å². The van der Waals surface area contributed by atoms with E-state index in [0.29, 0.717) is 6.04 Å². The van der Waals surface area contributed by atoms with E-state index in [4.69, 9.17) is 0 Å². The number of nitrogens with zero attached hydrogens (tertiary/aromatic N) is 2. The number of rotatable bonds is 6. The Balaban J connectivity index is 1.84. The lowest BCUT2D eigenvalue weighted by Crippen LogP contribution is -2.31. The Bertz CT molecular complexity index is 463. The first-order valence-corrected chi connectivity index (χ1v) is 5.98. The lowest BCUT2D eigenvalue weighted by molar-refractivity contribution is 0.556. The summed E-state index contributed by atoms with van der Waals surface area (Å²) in [6.45, 7) is 7.07. The molecule has 2 rings (SSSR count). The second-order valence-electron chi connectivity index (χ2n) is 4.36. The van der Waals surface area contributed by atoms with Crippen molar-refractivity contribution in [1.29, 1.82) is 0 Å². The van der Waals surface area contributed by atoms with E-state index in [2.05, 4.69) is 39.4 Å². The van der Waals surface area contributed by atoms with Crippen molar-refractivity contribution in [3.8, 4) is 0 Å². The van der Waals surface area contributed by atoms with E-state index < -0.39 is 0 Å². The molecule has 2 heterocycles. The Morgan fingerprint density at radius 2 is 2.18 bits per heavy atom. The molecular weight excluding hydrogens is 214 g/mol. The summed E-state index contributed by atoms with van der Waals surface area (Å²) in [5, 5.41) is 6.77. The maximum absolute atomic E-state index is 4.19. The SMILES string of the molecule is CC(C)NCCNCc1ccnc2nc[nH]c12. The molecule has 0 aliphatic rings. The van der Waals surface area contributed by atoms with Gasteiger partial charge in [0.25, 0.3) is 0 Å². The highest BCUT2D eigenvalue weighted by Crippen LogP contribution is 2.11. The van der Waals surface area contributed by atoms with E-state index in [-0.39, 0.29) is 0 Å². The number of hydrogen-bond acceptors (Lipinski definition) is 4. The number of imidazole rings is 1. The van der Waals surface area contributed by atoms with Crippen LogP contribution in [0.15, 0.2) is 18.6 Å². The monoisotopic (exact) mass is 233 g/mol. The molecule has 2 aromatic heterocycles. The van der Waals surface area contributed by atoms with Crippen molar-refractivity contribution < 1.29 is 0 Å². The fraction of sp³-hybridized carbons (Fsp3) is 0.500. The van der Waals surface area contributed by atoms with Gasteiger partial charge in [0.15, 0.2) is 5.65 Å². The van der Waals surface area contributed by atoms with Crippen molar-refractivity contribution in [2.24, 2.45) is 0 Å². The predicted molar refractivity (Wildman–Crippen MR) is 68.7 cm³/mol. The Kier molecular flexibility index (Phi) is 4.06. The van der Waals surface area contributed by atoms with Gasteiger partial charge in [-0.3, -0.25) is 0 Å². The van der Waals surface area contributed by atoms with Crippen LogP contribution in [0, 0.1) is 0 Å². The standard InChI is InChI=1S/C12H19N5/c1-9(2)14-6-5-13-7-10-3-4-15-12-11(10)16-8-17-12/h3-4,8-9,13-14H,5-7H2,1-2H3,(H,15,16,17). The van der Waals surface area contributed by atoms with Gasteiger partial charge < -0.3 is 15.6 Å². The third kappa shape index (κ3) is 3.25. The Labute approximate surface area is 101 Å². The van der Waals surface area contributed by atoms with Gasteiger partial charge in [0, 0.05) is 31.9 Å². The maximum Gasteiger partial charge on any atom is 0.177 e. The number of fused-ring (bicyclic) bond motifs is 1. The predicted octanol–water partition coefficient (Wildman–Crippen LogP) is 1.05. The van der Waals surface area contributed by atoms with Crippen LogP contribution in [-0.4, -0.2) is 34.1 Å². The molecule has 0 bridgehead atoms. The highest BCUT2D eigenvalue weighted by atomic mass is 15.0. The Morgan fingerprint density at radius 1 is 1.29 bits per heavy atom. The van der Waals surface area contributed by atoms with Crippen LogP contribution in [-0.2, 0) is 6.54 Å². The molecule has 5 nitrogen and oxygen atoms in total. The minimum atomic E-state index is 0.539. The van der Waals surface area contributed by atoms with Crippen LogP contribution in [0.4, 0.5) is 0 Å². The first-order chi connectivity index (χ1) is 8.27. The van der Waals surface area contributed by atoms with Gasteiger partial charge in [0.05, 0.1) is 11.8 Å². The minimum Gasteiger partial charge on any atom is -0.343 e. The second-order valence-corrected chi connectivity index (χ2v) is 4.36. The summed E-state index contributed by atoms with van der Waals surface area (Å²) in [5.41, 5.74) is 3.01. The maximum atomic E-state index is 4.19. The fourth-order valence-electron chi connectivity index (χ4n) is 1.72. The molecule has 5 heteroatoms. The summed E-state index contributed by atoms with van der Waals surface area (Å²) < 4.78 is 0. The van der Waals surface area contributed by atoms with E-state index in [1.807, 2.05) is 6.07 Å². The quantitative estimate of drug-likeness (QED) is 0.652. The highest BCUT2D eigenvalue weighted by Gasteiger charge is 2.02. The zero-order valence-electron chi connectivity index (χ0n) is 10.3. The van der Waals surface area contributed by atoms with Crippen LogP contribution in [0.1, 0.15) is 19.4 Å². The van der Waals surface area contributed by atoms with Crippen molar-refractivity contribution in [2.45, 2.75) is 26.4 Å². The van der Waals surface area contributed by atoms with Gasteiger partial charge in [-0.25, -0.2) is 9.97 Å². The van der Waals surface area contributed by atoms with E-state index in [9.17, 15) is 0 Å². The first kappa shape index (κ1) is 12.0. The molecule has 92 valence electrons. The summed E-state index contributed by atoms with van der Waals surface area (Å²) in [4.78, 5) is 11.4. The molecule has 0 atom stereocenters. The lowest BCUT2D eigenvalue weighted by atomic mass is 10.2. The van der Waals surface area contributed by atoms with Crippen LogP contribution < -0.4 is 10.6 Å². The first-order valence-electron chi connectivity index (χ1n) is 5.98.